The van der Waals surface area contributed by atoms with E-state index in [1.165, 1.54) is 23.5 Å². The third-order valence-corrected chi connectivity index (χ3v) is 8.49. The molecule has 3 saturated heterocycles. The molecule has 11 nitrogen and oxygen atoms in total. The predicted molar refractivity (Wildman–Crippen MR) is 167 cm³/mol. The van der Waals surface area contributed by atoms with E-state index >= 15 is 0 Å². The van der Waals surface area contributed by atoms with Crippen LogP contribution in [-0.2, 0) is 14.4 Å². The Bertz CT molecular complexity index is 1530. The molecule has 4 heterocycles. The number of amides is 1. The van der Waals surface area contributed by atoms with Crippen LogP contribution in [0.4, 0.5) is 37.5 Å². The predicted octanol–water partition coefficient (Wildman–Crippen LogP) is 4.82. The molecular weight excluding hydrogens is 584 g/mol. The van der Waals surface area contributed by atoms with Crippen molar-refractivity contribution in [1.29, 1.82) is 0 Å². The standard InChI is InChI=1S/C32H37F2N7O4/c1-3-32(42)38-25-17-26(29(43-2)18-28(25)40-9-6-22(7-10-40)39-11-14-44-15-12-39)37-30-19-31(36-20-35-30)41-27(8-13-45-41)23-16-21(33)4-5-24(23)34/h3-5,16-20,22,27H,1,6-15H2,2H3,(H,38,42)(H,35,36,37). The summed E-state index contributed by atoms with van der Waals surface area (Å²) in [5.41, 5.74) is 2.20. The third kappa shape index (κ3) is 6.85. The minimum absolute atomic E-state index is 0.189. The number of hydrogen-bond donors (Lipinski definition) is 2. The normalized spacial score (nSPS) is 19.4. The van der Waals surface area contributed by atoms with Gasteiger partial charge in [0, 0.05) is 56.3 Å². The highest BCUT2D eigenvalue weighted by Crippen LogP contribution is 2.41. The first kappa shape index (κ1) is 30.7. The summed E-state index contributed by atoms with van der Waals surface area (Å²) >= 11 is 0. The topological polar surface area (TPSA) is 104 Å². The molecule has 0 saturated carbocycles. The highest BCUT2D eigenvalue weighted by Gasteiger charge is 2.32. The molecule has 2 N–H and O–H groups in total. The van der Waals surface area contributed by atoms with Crippen molar-refractivity contribution in [1.82, 2.24) is 14.9 Å². The van der Waals surface area contributed by atoms with Gasteiger partial charge < -0.3 is 25.0 Å². The van der Waals surface area contributed by atoms with Gasteiger partial charge in [-0.15, -0.1) is 0 Å². The van der Waals surface area contributed by atoms with Crippen molar-refractivity contribution in [3.8, 4) is 5.75 Å². The van der Waals surface area contributed by atoms with Gasteiger partial charge in [-0.3, -0.25) is 14.5 Å². The van der Waals surface area contributed by atoms with Crippen LogP contribution in [0.3, 0.4) is 0 Å². The lowest BCUT2D eigenvalue weighted by Gasteiger charge is -2.41. The first-order valence-corrected chi connectivity index (χ1v) is 15.1. The maximum absolute atomic E-state index is 14.6. The number of carbonyl (C=O) groups excluding carboxylic acids is 1. The van der Waals surface area contributed by atoms with E-state index in [1.54, 1.807) is 13.2 Å². The molecule has 238 valence electrons. The van der Waals surface area contributed by atoms with Crippen molar-refractivity contribution in [3.63, 3.8) is 0 Å². The van der Waals surface area contributed by atoms with Crippen molar-refractivity contribution in [2.75, 3.05) is 73.7 Å². The number of hydrogen-bond acceptors (Lipinski definition) is 10. The molecule has 13 heteroatoms. The van der Waals surface area contributed by atoms with Crippen molar-refractivity contribution in [2.24, 2.45) is 0 Å². The zero-order valence-corrected chi connectivity index (χ0v) is 25.2. The minimum atomic E-state index is -0.564. The summed E-state index contributed by atoms with van der Waals surface area (Å²) in [6.45, 7) is 9.04. The van der Waals surface area contributed by atoms with Crippen molar-refractivity contribution < 1.29 is 27.9 Å². The smallest absolute Gasteiger partial charge is 0.247 e. The Morgan fingerprint density at radius 2 is 1.82 bits per heavy atom. The van der Waals surface area contributed by atoms with E-state index in [9.17, 15) is 13.6 Å². The summed E-state index contributed by atoms with van der Waals surface area (Å²) in [4.78, 5) is 31.7. The monoisotopic (exact) mass is 621 g/mol. The van der Waals surface area contributed by atoms with Crippen LogP contribution >= 0.6 is 0 Å². The average Bonchev–Trinajstić information content (AvgIpc) is 3.56. The quantitative estimate of drug-likeness (QED) is 0.324. The van der Waals surface area contributed by atoms with Crippen molar-refractivity contribution in [2.45, 2.75) is 31.3 Å². The molecule has 1 atom stereocenters. The van der Waals surface area contributed by atoms with Crippen molar-refractivity contribution in [3.05, 3.63) is 72.6 Å². The number of piperidine rings is 1. The van der Waals surface area contributed by atoms with E-state index in [2.05, 4.69) is 37.0 Å². The lowest BCUT2D eigenvalue weighted by Crippen LogP contribution is -2.49. The van der Waals surface area contributed by atoms with Crippen LogP contribution in [0.5, 0.6) is 5.75 Å². The molecule has 1 amide bonds. The molecule has 3 aliphatic rings. The minimum Gasteiger partial charge on any atom is -0.494 e. The molecule has 3 aromatic rings. The largest absolute Gasteiger partial charge is 0.494 e. The van der Waals surface area contributed by atoms with Gasteiger partial charge in [0.05, 0.1) is 50.0 Å². The molecule has 0 radical (unpaired) electrons. The molecule has 0 bridgehead atoms. The van der Waals surface area contributed by atoms with Crippen LogP contribution in [0, 0.1) is 11.6 Å². The number of benzene rings is 2. The van der Waals surface area contributed by atoms with Gasteiger partial charge in [-0.2, -0.15) is 0 Å². The first-order chi connectivity index (χ1) is 21.9. The summed E-state index contributed by atoms with van der Waals surface area (Å²) in [5, 5.41) is 7.69. The molecule has 0 aliphatic carbocycles. The Labute approximate surface area is 260 Å². The van der Waals surface area contributed by atoms with Gasteiger partial charge in [-0.1, -0.05) is 6.58 Å². The maximum Gasteiger partial charge on any atom is 0.247 e. The van der Waals surface area contributed by atoms with Crippen LogP contribution in [0.25, 0.3) is 0 Å². The van der Waals surface area contributed by atoms with Gasteiger partial charge in [0.1, 0.15) is 29.5 Å². The fraction of sp³-hybridized carbons (Fsp3) is 0.406. The molecule has 6 rings (SSSR count). The number of halogens is 2. The number of methoxy groups -OCH3 is 1. The van der Waals surface area contributed by atoms with E-state index < -0.39 is 17.7 Å². The van der Waals surface area contributed by atoms with Crippen LogP contribution < -0.4 is 25.3 Å². The Balaban J connectivity index is 1.24. The third-order valence-electron chi connectivity index (χ3n) is 8.49. The number of carbonyl (C=O) groups is 1. The molecule has 3 fully saturated rings. The van der Waals surface area contributed by atoms with Gasteiger partial charge in [-0.25, -0.2) is 23.8 Å². The summed E-state index contributed by atoms with van der Waals surface area (Å²) in [7, 11) is 1.58. The highest BCUT2D eigenvalue weighted by atomic mass is 19.1. The number of rotatable bonds is 9. The number of nitrogens with one attached hydrogen (secondary N) is 2. The zero-order chi connectivity index (χ0) is 31.3. The van der Waals surface area contributed by atoms with Crippen LogP contribution in [0.15, 0.2) is 55.4 Å². The summed E-state index contributed by atoms with van der Waals surface area (Å²) in [5.74, 6) is -0.0472. The fourth-order valence-electron chi connectivity index (χ4n) is 6.22. The molecule has 45 heavy (non-hydrogen) atoms. The molecule has 2 aromatic carbocycles. The van der Waals surface area contributed by atoms with Crippen molar-refractivity contribution >= 4 is 34.6 Å². The molecule has 3 aliphatic heterocycles. The van der Waals surface area contributed by atoms with Gasteiger partial charge >= 0.3 is 0 Å². The lowest BCUT2D eigenvalue weighted by atomic mass is 10.0. The van der Waals surface area contributed by atoms with Crippen LogP contribution in [0.1, 0.15) is 30.9 Å². The molecule has 0 spiro atoms. The molecule has 1 aromatic heterocycles. The number of anilines is 5. The number of hydroxylamine groups is 1. The Morgan fingerprint density at radius 3 is 2.58 bits per heavy atom. The second kappa shape index (κ2) is 13.8. The Hall–Kier alpha value is -4.33. The van der Waals surface area contributed by atoms with E-state index in [1.807, 2.05) is 12.1 Å². The van der Waals surface area contributed by atoms with Crippen LogP contribution in [0.2, 0.25) is 0 Å². The number of nitrogens with zero attached hydrogens (tertiary/aromatic N) is 5. The van der Waals surface area contributed by atoms with Gasteiger partial charge in [0.2, 0.25) is 5.91 Å². The Morgan fingerprint density at radius 1 is 1.02 bits per heavy atom. The first-order valence-electron chi connectivity index (χ1n) is 15.1. The number of aromatic nitrogens is 2. The maximum atomic E-state index is 14.6. The zero-order valence-electron chi connectivity index (χ0n) is 25.2. The average molecular weight is 622 g/mol. The Kier molecular flexibility index (Phi) is 9.38. The SMILES string of the molecule is C=CC(=O)Nc1cc(Nc2cc(N3OCCC3c3cc(F)ccc3F)ncn2)c(OC)cc1N1CCC(N2CCOCC2)CC1. The second-order valence-electron chi connectivity index (χ2n) is 11.1. The summed E-state index contributed by atoms with van der Waals surface area (Å²) in [6.07, 6.45) is 5.05. The fourth-order valence-corrected chi connectivity index (χ4v) is 6.22. The summed E-state index contributed by atoms with van der Waals surface area (Å²) < 4.78 is 39.9. The highest BCUT2D eigenvalue weighted by molar-refractivity contribution is 6.02. The second-order valence-corrected chi connectivity index (χ2v) is 11.1. The van der Waals surface area contributed by atoms with Gasteiger partial charge in [0.15, 0.2) is 5.82 Å². The number of morpholine rings is 1. The molecular formula is C32H37F2N7O4. The number of ether oxygens (including phenoxy) is 2. The van der Waals surface area contributed by atoms with E-state index in [4.69, 9.17) is 14.3 Å². The lowest BCUT2D eigenvalue weighted by molar-refractivity contribution is -0.111. The van der Waals surface area contributed by atoms with Gasteiger partial charge in [0.25, 0.3) is 0 Å². The van der Waals surface area contributed by atoms with E-state index in [0.29, 0.717) is 47.8 Å². The van der Waals surface area contributed by atoms with Crippen LogP contribution in [-0.4, -0.2) is 79.9 Å². The van der Waals surface area contributed by atoms with Gasteiger partial charge in [-0.05, 0) is 43.2 Å². The molecule has 1 unspecified atom stereocenters. The van der Waals surface area contributed by atoms with E-state index in [0.717, 1.165) is 70.1 Å². The van der Waals surface area contributed by atoms with E-state index in [-0.39, 0.29) is 11.5 Å². The summed E-state index contributed by atoms with van der Waals surface area (Å²) in [6, 6.07) is 8.68.